The van der Waals surface area contributed by atoms with Crippen molar-refractivity contribution in [3.63, 3.8) is 0 Å². The van der Waals surface area contributed by atoms with Crippen molar-refractivity contribution in [2.45, 2.75) is 18.9 Å². The molecule has 2 aromatic carbocycles. The van der Waals surface area contributed by atoms with Crippen LogP contribution in [0.3, 0.4) is 0 Å². The third-order valence-corrected chi connectivity index (χ3v) is 6.24. The summed E-state index contributed by atoms with van der Waals surface area (Å²) in [5.41, 5.74) is 4.04. The Balaban J connectivity index is 1.32. The minimum atomic E-state index is 0.0529. The minimum Gasteiger partial charge on any atom is -0.438 e. The Labute approximate surface area is 190 Å². The summed E-state index contributed by atoms with van der Waals surface area (Å²) in [4.78, 5) is 20.0. The molecule has 2 N–H and O–H groups in total. The quantitative estimate of drug-likeness (QED) is 0.365. The molecular formula is C25H22N4O2S. The molecule has 2 aromatic heterocycles. The molecule has 3 heterocycles. The van der Waals surface area contributed by atoms with E-state index in [1.54, 1.807) is 17.5 Å². The van der Waals surface area contributed by atoms with E-state index in [2.05, 4.69) is 32.7 Å². The SMILES string of the molecule is O=CCC1C=C(c2cccnc2Oc2ccc(Nc3nc4ccccc4s3)cc2)CCN1. The maximum Gasteiger partial charge on any atom is 0.226 e. The van der Waals surface area contributed by atoms with E-state index in [0.29, 0.717) is 18.1 Å². The van der Waals surface area contributed by atoms with E-state index >= 15 is 0 Å². The summed E-state index contributed by atoms with van der Waals surface area (Å²) < 4.78 is 7.28. The fourth-order valence-electron chi connectivity index (χ4n) is 3.74. The lowest BCUT2D eigenvalue weighted by Crippen LogP contribution is -2.32. The summed E-state index contributed by atoms with van der Waals surface area (Å²) in [7, 11) is 0. The van der Waals surface area contributed by atoms with Gasteiger partial charge in [-0.2, -0.15) is 0 Å². The number of carbonyl (C=O) groups is 1. The Morgan fingerprint density at radius 1 is 1.12 bits per heavy atom. The number of anilines is 2. The molecule has 0 saturated carbocycles. The van der Waals surface area contributed by atoms with E-state index in [9.17, 15) is 4.79 Å². The smallest absolute Gasteiger partial charge is 0.226 e. The molecular weight excluding hydrogens is 420 g/mol. The summed E-state index contributed by atoms with van der Waals surface area (Å²) in [5, 5.41) is 7.56. The number of thiazole rings is 1. The molecule has 1 aliphatic heterocycles. The van der Waals surface area contributed by atoms with E-state index in [0.717, 1.165) is 51.4 Å². The standard InChI is InChI=1S/C25H22N4O2S/c30-15-12-19-16-17(11-14-26-19)21-4-3-13-27-24(21)31-20-9-7-18(8-10-20)28-25-29-22-5-1-2-6-23(22)32-25/h1-10,13,15-16,19,26H,11-12,14H2,(H,28,29). The number of nitrogens with zero attached hydrogens (tertiary/aromatic N) is 2. The highest BCUT2D eigenvalue weighted by atomic mass is 32.1. The Morgan fingerprint density at radius 3 is 2.84 bits per heavy atom. The molecule has 32 heavy (non-hydrogen) atoms. The van der Waals surface area contributed by atoms with Gasteiger partial charge in [-0.15, -0.1) is 0 Å². The number of rotatable bonds is 7. The van der Waals surface area contributed by atoms with Crippen LogP contribution in [0.2, 0.25) is 0 Å². The average Bonchev–Trinajstić information content (AvgIpc) is 3.23. The summed E-state index contributed by atoms with van der Waals surface area (Å²) in [6, 6.07) is 19.8. The van der Waals surface area contributed by atoms with E-state index in [1.165, 1.54) is 0 Å². The number of fused-ring (bicyclic) bond motifs is 1. The number of hydrogen-bond acceptors (Lipinski definition) is 7. The molecule has 4 aromatic rings. The van der Waals surface area contributed by atoms with Crippen molar-refractivity contribution in [3.05, 3.63) is 78.5 Å². The first-order valence-corrected chi connectivity index (χ1v) is 11.3. The molecule has 0 amide bonds. The molecule has 0 fully saturated rings. The topological polar surface area (TPSA) is 76.1 Å². The van der Waals surface area contributed by atoms with Gasteiger partial charge in [0.05, 0.1) is 10.2 Å². The zero-order chi connectivity index (χ0) is 21.8. The number of benzene rings is 2. The number of hydrogen-bond donors (Lipinski definition) is 2. The zero-order valence-corrected chi connectivity index (χ0v) is 18.1. The van der Waals surface area contributed by atoms with Gasteiger partial charge >= 0.3 is 0 Å². The van der Waals surface area contributed by atoms with Crippen LogP contribution in [0, 0.1) is 0 Å². The third kappa shape index (κ3) is 4.54. The number of ether oxygens (including phenoxy) is 1. The van der Waals surface area contributed by atoms with Crippen LogP contribution in [0.1, 0.15) is 18.4 Å². The van der Waals surface area contributed by atoms with Crippen LogP contribution in [-0.4, -0.2) is 28.8 Å². The van der Waals surface area contributed by atoms with Gasteiger partial charge in [0.15, 0.2) is 5.13 Å². The summed E-state index contributed by atoms with van der Waals surface area (Å²) in [5.74, 6) is 1.27. The van der Waals surface area contributed by atoms with Gasteiger partial charge in [-0.3, -0.25) is 0 Å². The zero-order valence-electron chi connectivity index (χ0n) is 17.3. The highest BCUT2D eigenvalue weighted by molar-refractivity contribution is 7.22. The van der Waals surface area contributed by atoms with Crippen molar-refractivity contribution >= 4 is 44.2 Å². The second-order valence-electron chi connectivity index (χ2n) is 7.50. The molecule has 0 spiro atoms. The van der Waals surface area contributed by atoms with Gasteiger partial charge in [0.1, 0.15) is 12.0 Å². The molecule has 5 rings (SSSR count). The first-order chi connectivity index (χ1) is 15.8. The van der Waals surface area contributed by atoms with Gasteiger partial charge in [0.25, 0.3) is 0 Å². The molecule has 0 radical (unpaired) electrons. The maximum absolute atomic E-state index is 10.9. The van der Waals surface area contributed by atoms with E-state index in [1.807, 2.05) is 54.6 Å². The van der Waals surface area contributed by atoms with Crippen molar-refractivity contribution in [1.29, 1.82) is 0 Å². The highest BCUT2D eigenvalue weighted by Crippen LogP contribution is 2.33. The van der Waals surface area contributed by atoms with Gasteiger partial charge < -0.3 is 20.2 Å². The number of aldehydes is 1. The van der Waals surface area contributed by atoms with Gasteiger partial charge in [-0.1, -0.05) is 29.5 Å². The first kappa shape index (κ1) is 20.4. The largest absolute Gasteiger partial charge is 0.438 e. The van der Waals surface area contributed by atoms with E-state index in [4.69, 9.17) is 4.74 Å². The van der Waals surface area contributed by atoms with Crippen molar-refractivity contribution in [2.75, 3.05) is 11.9 Å². The predicted octanol–water partition coefficient (Wildman–Crippen LogP) is 5.56. The molecule has 160 valence electrons. The molecule has 1 atom stereocenters. The van der Waals surface area contributed by atoms with Gasteiger partial charge in [-0.25, -0.2) is 9.97 Å². The fourth-order valence-corrected chi connectivity index (χ4v) is 4.63. The van der Waals surface area contributed by atoms with Crippen LogP contribution < -0.4 is 15.4 Å². The van der Waals surface area contributed by atoms with E-state index in [-0.39, 0.29) is 6.04 Å². The number of nitrogens with one attached hydrogen (secondary N) is 2. The molecule has 1 unspecified atom stereocenters. The number of aromatic nitrogens is 2. The molecule has 0 aliphatic carbocycles. The van der Waals surface area contributed by atoms with Gasteiger partial charge in [0.2, 0.25) is 5.88 Å². The lowest BCUT2D eigenvalue weighted by Gasteiger charge is -2.22. The Bertz CT molecular complexity index is 1230. The normalized spacial score (nSPS) is 15.9. The fraction of sp³-hybridized carbons (Fsp3) is 0.160. The number of carbonyl (C=O) groups excluding carboxylic acids is 1. The Morgan fingerprint density at radius 2 is 2.00 bits per heavy atom. The molecule has 0 saturated heterocycles. The molecule has 7 heteroatoms. The lowest BCUT2D eigenvalue weighted by molar-refractivity contribution is -0.108. The van der Waals surface area contributed by atoms with Crippen LogP contribution in [0.5, 0.6) is 11.6 Å². The van der Waals surface area contributed by atoms with Gasteiger partial charge in [0, 0.05) is 29.9 Å². The van der Waals surface area contributed by atoms with Crippen LogP contribution in [0.15, 0.2) is 72.9 Å². The monoisotopic (exact) mass is 442 g/mol. The maximum atomic E-state index is 10.9. The first-order valence-electron chi connectivity index (χ1n) is 10.5. The molecule has 1 aliphatic rings. The predicted molar refractivity (Wildman–Crippen MR) is 129 cm³/mol. The van der Waals surface area contributed by atoms with Crippen molar-refractivity contribution in [3.8, 4) is 11.6 Å². The van der Waals surface area contributed by atoms with Crippen LogP contribution in [-0.2, 0) is 4.79 Å². The minimum absolute atomic E-state index is 0.0529. The third-order valence-electron chi connectivity index (χ3n) is 5.28. The lowest BCUT2D eigenvalue weighted by atomic mass is 9.97. The van der Waals surface area contributed by atoms with Gasteiger partial charge in [-0.05, 0) is 67.1 Å². The summed E-state index contributed by atoms with van der Waals surface area (Å²) in [6.45, 7) is 0.824. The molecule has 6 nitrogen and oxygen atoms in total. The van der Waals surface area contributed by atoms with Crippen LogP contribution in [0.25, 0.3) is 15.8 Å². The summed E-state index contributed by atoms with van der Waals surface area (Å²) in [6.07, 6.45) is 6.10. The highest BCUT2D eigenvalue weighted by Gasteiger charge is 2.17. The van der Waals surface area contributed by atoms with Crippen molar-refractivity contribution in [1.82, 2.24) is 15.3 Å². The van der Waals surface area contributed by atoms with Crippen molar-refractivity contribution < 1.29 is 9.53 Å². The second-order valence-corrected chi connectivity index (χ2v) is 8.53. The molecule has 0 bridgehead atoms. The number of para-hydroxylation sites is 1. The average molecular weight is 443 g/mol. The second kappa shape index (κ2) is 9.30. The van der Waals surface area contributed by atoms with Crippen LogP contribution >= 0.6 is 11.3 Å². The summed E-state index contributed by atoms with van der Waals surface area (Å²) >= 11 is 1.62. The number of pyridine rings is 1. The van der Waals surface area contributed by atoms with Crippen molar-refractivity contribution in [2.24, 2.45) is 0 Å². The van der Waals surface area contributed by atoms with E-state index < -0.39 is 0 Å². The Hall–Kier alpha value is -3.55. The van der Waals surface area contributed by atoms with Crippen LogP contribution in [0.4, 0.5) is 10.8 Å². The Kier molecular flexibility index (Phi) is 5.91.